The number of aromatic nitrogens is 3. The highest BCUT2D eigenvalue weighted by Crippen LogP contribution is 2.32. The number of pyridine rings is 1. The summed E-state index contributed by atoms with van der Waals surface area (Å²) in [6.45, 7) is 3.65. The third kappa shape index (κ3) is 4.57. The van der Waals surface area contributed by atoms with Crippen LogP contribution in [0, 0.1) is 11.8 Å². The highest BCUT2D eigenvalue weighted by molar-refractivity contribution is 6.35. The van der Waals surface area contributed by atoms with E-state index in [1.165, 1.54) is 0 Å². The molecule has 8 nitrogen and oxygen atoms in total. The van der Waals surface area contributed by atoms with E-state index in [1.807, 2.05) is 34.9 Å². The summed E-state index contributed by atoms with van der Waals surface area (Å²) in [5, 5.41) is 3.68. The first-order valence-electron chi connectivity index (χ1n) is 11.9. The standard InChI is InChI=1S/C25H30ClN5O3/c1-29-23-20(26)3-2-4-21(23)31(25(29)33)16-17-5-7-18(8-6-17)24(32)28-19-9-10-27-22(15-19)30-11-13-34-14-12-30/h2-4,9-10,15,17-18H,5-8,11-14,16H2,1H3,(H,27,28,32). The summed E-state index contributed by atoms with van der Waals surface area (Å²) < 4.78 is 8.86. The fourth-order valence-corrected chi connectivity index (χ4v) is 5.48. The monoisotopic (exact) mass is 483 g/mol. The second-order valence-corrected chi connectivity index (χ2v) is 9.68. The lowest BCUT2D eigenvalue weighted by Gasteiger charge is -2.29. The topological polar surface area (TPSA) is 81.4 Å². The Morgan fingerprint density at radius 1 is 1.18 bits per heavy atom. The number of aryl methyl sites for hydroxylation is 1. The van der Waals surface area contributed by atoms with E-state index in [1.54, 1.807) is 17.8 Å². The average Bonchev–Trinajstić information content (AvgIpc) is 3.11. The van der Waals surface area contributed by atoms with E-state index in [0.29, 0.717) is 30.7 Å². The van der Waals surface area contributed by atoms with Gasteiger partial charge in [-0.1, -0.05) is 17.7 Å². The molecule has 34 heavy (non-hydrogen) atoms. The average molecular weight is 484 g/mol. The molecule has 3 aromatic rings. The molecular formula is C25H30ClN5O3. The number of carbonyl (C=O) groups is 1. The second kappa shape index (κ2) is 9.80. The van der Waals surface area contributed by atoms with Gasteiger partial charge >= 0.3 is 5.69 Å². The van der Waals surface area contributed by atoms with Crippen molar-refractivity contribution in [3.8, 4) is 0 Å². The lowest BCUT2D eigenvalue weighted by Crippen LogP contribution is -2.36. The maximum absolute atomic E-state index is 13.0. The van der Waals surface area contributed by atoms with Crippen LogP contribution in [0.25, 0.3) is 11.0 Å². The number of amides is 1. The second-order valence-electron chi connectivity index (χ2n) is 9.27. The number of para-hydroxylation sites is 1. The number of hydrogen-bond acceptors (Lipinski definition) is 5. The van der Waals surface area contributed by atoms with Crippen LogP contribution in [0.15, 0.2) is 41.3 Å². The van der Waals surface area contributed by atoms with E-state index in [0.717, 1.165) is 61.3 Å². The number of nitrogens with one attached hydrogen (secondary N) is 1. The Kier molecular flexibility index (Phi) is 6.61. The maximum Gasteiger partial charge on any atom is 0.328 e. The lowest BCUT2D eigenvalue weighted by atomic mass is 9.81. The zero-order valence-corrected chi connectivity index (χ0v) is 20.1. The van der Waals surface area contributed by atoms with Gasteiger partial charge in [-0.3, -0.25) is 13.9 Å². The number of benzene rings is 1. The van der Waals surface area contributed by atoms with Crippen molar-refractivity contribution in [2.45, 2.75) is 32.2 Å². The predicted octanol–water partition coefficient (Wildman–Crippen LogP) is 3.67. The normalized spacial score (nSPS) is 21.1. The fraction of sp³-hybridized carbons (Fsp3) is 0.480. The largest absolute Gasteiger partial charge is 0.378 e. The smallest absolute Gasteiger partial charge is 0.328 e. The molecule has 0 atom stereocenters. The first kappa shape index (κ1) is 22.9. The molecular weight excluding hydrogens is 454 g/mol. The third-order valence-corrected chi connectivity index (χ3v) is 7.42. The van der Waals surface area contributed by atoms with Gasteiger partial charge in [0.25, 0.3) is 0 Å². The van der Waals surface area contributed by atoms with Crippen LogP contribution >= 0.6 is 11.6 Å². The number of nitrogens with zero attached hydrogens (tertiary/aromatic N) is 4. The fourth-order valence-electron chi connectivity index (χ4n) is 5.18. The maximum atomic E-state index is 13.0. The van der Waals surface area contributed by atoms with E-state index < -0.39 is 0 Å². The van der Waals surface area contributed by atoms with Crippen LogP contribution in [0.5, 0.6) is 0 Å². The highest BCUT2D eigenvalue weighted by atomic mass is 35.5. The van der Waals surface area contributed by atoms with Crippen LogP contribution in [0.1, 0.15) is 25.7 Å². The first-order chi connectivity index (χ1) is 16.5. The number of fused-ring (bicyclic) bond motifs is 1. The van der Waals surface area contributed by atoms with Crippen LogP contribution in [0.3, 0.4) is 0 Å². The summed E-state index contributed by atoms with van der Waals surface area (Å²) in [5.74, 6) is 1.27. The van der Waals surface area contributed by atoms with Gasteiger partial charge in [0.2, 0.25) is 5.91 Å². The Bertz CT molecular complexity index is 1240. The van der Waals surface area contributed by atoms with Gasteiger partial charge in [0, 0.05) is 50.6 Å². The first-order valence-corrected chi connectivity index (χ1v) is 12.3. The summed E-state index contributed by atoms with van der Waals surface area (Å²) in [6.07, 6.45) is 5.20. The van der Waals surface area contributed by atoms with Crippen LogP contribution < -0.4 is 15.9 Å². The van der Waals surface area contributed by atoms with Crippen molar-refractivity contribution in [3.05, 3.63) is 52.0 Å². The minimum atomic E-state index is -0.0447. The van der Waals surface area contributed by atoms with Gasteiger partial charge in [-0.25, -0.2) is 9.78 Å². The number of carbonyl (C=O) groups excluding carboxylic acids is 1. The predicted molar refractivity (Wildman–Crippen MR) is 134 cm³/mol. The van der Waals surface area contributed by atoms with Crippen molar-refractivity contribution in [2.24, 2.45) is 18.9 Å². The number of halogens is 1. The van der Waals surface area contributed by atoms with Crippen LogP contribution in [0.4, 0.5) is 11.5 Å². The molecule has 0 unspecified atom stereocenters. The van der Waals surface area contributed by atoms with Crippen LogP contribution in [-0.2, 0) is 23.1 Å². The zero-order valence-electron chi connectivity index (χ0n) is 19.4. The SMILES string of the molecule is Cn1c(=O)n(CC2CCC(C(=O)Nc3ccnc(N4CCOCC4)c3)CC2)c2cccc(Cl)c21. The van der Waals surface area contributed by atoms with E-state index in [2.05, 4.69) is 15.2 Å². The molecule has 1 aliphatic carbocycles. The molecule has 0 radical (unpaired) electrons. The molecule has 3 heterocycles. The summed E-state index contributed by atoms with van der Waals surface area (Å²) in [5.41, 5.74) is 2.38. The van der Waals surface area contributed by atoms with Crippen LogP contribution in [-0.4, -0.2) is 46.3 Å². The number of hydrogen-bond donors (Lipinski definition) is 1. The Hall–Kier alpha value is -2.84. The lowest BCUT2D eigenvalue weighted by molar-refractivity contribution is -0.121. The van der Waals surface area contributed by atoms with E-state index in [9.17, 15) is 9.59 Å². The minimum Gasteiger partial charge on any atom is -0.378 e. The number of morpholine rings is 1. The van der Waals surface area contributed by atoms with E-state index in [-0.39, 0.29) is 17.5 Å². The van der Waals surface area contributed by atoms with Crippen LogP contribution in [0.2, 0.25) is 5.02 Å². The number of rotatable bonds is 5. The molecule has 180 valence electrons. The molecule has 2 aliphatic rings. The Morgan fingerprint density at radius 3 is 2.71 bits per heavy atom. The van der Waals surface area contributed by atoms with Gasteiger partial charge in [0.1, 0.15) is 5.82 Å². The molecule has 2 fully saturated rings. The Balaban J connectivity index is 1.20. The van der Waals surface area contributed by atoms with Gasteiger partial charge < -0.3 is 15.0 Å². The third-order valence-electron chi connectivity index (χ3n) is 7.12. The minimum absolute atomic E-state index is 0.0186. The number of imidazole rings is 1. The molecule has 2 aromatic heterocycles. The molecule has 1 N–H and O–H groups in total. The number of anilines is 2. The van der Waals surface area contributed by atoms with Crippen molar-refractivity contribution < 1.29 is 9.53 Å². The van der Waals surface area contributed by atoms with Crippen molar-refractivity contribution in [2.75, 3.05) is 36.5 Å². The highest BCUT2D eigenvalue weighted by Gasteiger charge is 2.28. The molecule has 9 heteroatoms. The van der Waals surface area contributed by atoms with Crippen molar-refractivity contribution in [1.82, 2.24) is 14.1 Å². The quantitative estimate of drug-likeness (QED) is 0.598. The Morgan fingerprint density at radius 2 is 1.94 bits per heavy atom. The molecule has 0 spiro atoms. The van der Waals surface area contributed by atoms with Crippen molar-refractivity contribution in [1.29, 1.82) is 0 Å². The molecule has 5 rings (SSSR count). The molecule has 1 aromatic carbocycles. The molecule has 0 bridgehead atoms. The Labute approximate surface area is 203 Å². The molecule has 1 amide bonds. The van der Waals surface area contributed by atoms with Crippen molar-refractivity contribution >= 4 is 40.0 Å². The van der Waals surface area contributed by atoms with E-state index >= 15 is 0 Å². The van der Waals surface area contributed by atoms with E-state index in [4.69, 9.17) is 16.3 Å². The van der Waals surface area contributed by atoms with Crippen molar-refractivity contribution in [3.63, 3.8) is 0 Å². The van der Waals surface area contributed by atoms with Gasteiger partial charge in [-0.05, 0) is 49.8 Å². The molecule has 1 saturated heterocycles. The van der Waals surface area contributed by atoms with Gasteiger partial charge in [0.05, 0.1) is 29.3 Å². The zero-order chi connectivity index (χ0) is 23.7. The van der Waals surface area contributed by atoms with Gasteiger partial charge in [-0.2, -0.15) is 0 Å². The van der Waals surface area contributed by atoms with Gasteiger partial charge in [-0.15, -0.1) is 0 Å². The van der Waals surface area contributed by atoms with Gasteiger partial charge in [0.15, 0.2) is 0 Å². The summed E-state index contributed by atoms with van der Waals surface area (Å²) in [7, 11) is 1.76. The number of ether oxygens (including phenoxy) is 1. The summed E-state index contributed by atoms with van der Waals surface area (Å²) in [4.78, 5) is 32.4. The molecule has 1 saturated carbocycles. The summed E-state index contributed by atoms with van der Waals surface area (Å²) in [6, 6.07) is 9.41. The summed E-state index contributed by atoms with van der Waals surface area (Å²) >= 11 is 6.34. The molecule has 1 aliphatic heterocycles.